The molecule has 2 aromatic carbocycles. The van der Waals surface area contributed by atoms with Gasteiger partial charge in [0, 0.05) is 41.3 Å². The van der Waals surface area contributed by atoms with Gasteiger partial charge in [0.1, 0.15) is 29.0 Å². The third kappa shape index (κ3) is 4.49. The van der Waals surface area contributed by atoms with E-state index in [1.165, 1.54) is 10.6 Å². The maximum absolute atomic E-state index is 13.9. The Balaban J connectivity index is 1.62. The lowest BCUT2D eigenvalue weighted by Crippen LogP contribution is -2.35. The van der Waals surface area contributed by atoms with Gasteiger partial charge in [-0.2, -0.15) is 0 Å². The predicted molar refractivity (Wildman–Crippen MR) is 122 cm³/mol. The molecule has 0 unspecified atom stereocenters. The monoisotopic (exact) mass is 473 g/mol. The lowest BCUT2D eigenvalue weighted by molar-refractivity contribution is -0.117. The average molecular weight is 474 g/mol. The number of carbonyl (C=O) groups excluding carboxylic acids is 1. The van der Waals surface area contributed by atoms with E-state index >= 15 is 0 Å². The Kier molecular flexibility index (Phi) is 6.49. The highest BCUT2D eigenvalue weighted by Gasteiger charge is 2.25. The maximum Gasteiger partial charge on any atom is 0.277 e. The third-order valence-electron chi connectivity index (χ3n) is 5.54. The van der Waals surface area contributed by atoms with Crippen molar-refractivity contribution < 1.29 is 18.3 Å². The molecule has 33 heavy (non-hydrogen) atoms. The highest BCUT2D eigenvalue weighted by atomic mass is 35.5. The van der Waals surface area contributed by atoms with Crippen LogP contribution in [0.2, 0.25) is 5.02 Å². The summed E-state index contributed by atoms with van der Waals surface area (Å²) < 4.78 is 34.0. The second kappa shape index (κ2) is 9.33. The SMILES string of the molecule is CNCC(=O)N1CCc2cc(-n3c(C)cc(OCc4ccc(F)cc4F)c(Cl)c3=O)ccc21. The number of aryl methyl sites for hydroxylation is 1. The third-order valence-corrected chi connectivity index (χ3v) is 5.89. The topological polar surface area (TPSA) is 63.6 Å². The summed E-state index contributed by atoms with van der Waals surface area (Å²) in [5.41, 5.74) is 2.65. The highest BCUT2D eigenvalue weighted by molar-refractivity contribution is 6.31. The van der Waals surface area contributed by atoms with E-state index in [0.29, 0.717) is 24.3 Å². The van der Waals surface area contributed by atoms with E-state index in [1.807, 2.05) is 12.1 Å². The van der Waals surface area contributed by atoms with Crippen molar-refractivity contribution in [1.82, 2.24) is 9.88 Å². The van der Waals surface area contributed by atoms with E-state index in [1.54, 1.807) is 31.0 Å². The molecule has 3 aromatic rings. The van der Waals surface area contributed by atoms with Crippen molar-refractivity contribution in [3.63, 3.8) is 0 Å². The minimum absolute atomic E-state index is 0.0144. The summed E-state index contributed by atoms with van der Waals surface area (Å²) in [6.45, 7) is 2.36. The van der Waals surface area contributed by atoms with Crippen molar-refractivity contribution in [3.05, 3.63) is 86.3 Å². The van der Waals surface area contributed by atoms with Crippen molar-refractivity contribution in [3.8, 4) is 11.4 Å². The minimum atomic E-state index is -0.739. The number of nitrogens with zero attached hydrogens (tertiary/aromatic N) is 2. The molecule has 1 N–H and O–H groups in total. The van der Waals surface area contributed by atoms with Crippen LogP contribution in [0, 0.1) is 18.6 Å². The van der Waals surface area contributed by atoms with Gasteiger partial charge in [0.15, 0.2) is 0 Å². The molecule has 2 heterocycles. The molecule has 1 aliphatic heterocycles. The first-order chi connectivity index (χ1) is 15.8. The van der Waals surface area contributed by atoms with Crippen LogP contribution in [0.4, 0.5) is 14.5 Å². The molecule has 0 saturated heterocycles. The number of likely N-dealkylation sites (N-methyl/N-ethyl adjacent to an activating group) is 1. The number of carbonyl (C=O) groups is 1. The molecule has 0 atom stereocenters. The molecular formula is C24H22ClF2N3O3. The number of hydrogen-bond donors (Lipinski definition) is 1. The van der Waals surface area contributed by atoms with Gasteiger partial charge in [-0.15, -0.1) is 0 Å². The van der Waals surface area contributed by atoms with Crippen molar-refractivity contribution in [2.75, 3.05) is 25.0 Å². The van der Waals surface area contributed by atoms with E-state index in [-0.39, 0.29) is 35.4 Å². The summed E-state index contributed by atoms with van der Waals surface area (Å²) >= 11 is 6.30. The Hall–Kier alpha value is -3.23. The van der Waals surface area contributed by atoms with E-state index < -0.39 is 17.2 Å². The summed E-state index contributed by atoms with van der Waals surface area (Å²) in [6, 6.07) is 10.2. The normalized spacial score (nSPS) is 12.7. The first kappa shape index (κ1) is 22.9. The number of halogens is 3. The largest absolute Gasteiger partial charge is 0.487 e. The van der Waals surface area contributed by atoms with Gasteiger partial charge in [0.25, 0.3) is 5.56 Å². The van der Waals surface area contributed by atoms with E-state index in [4.69, 9.17) is 16.3 Å². The standard InChI is InChI=1S/C24H22ClF2N3O3/c1-14-9-21(33-13-16-3-4-17(26)11-19(16)27)23(25)24(32)30(14)18-5-6-20-15(10-18)7-8-29(20)22(31)12-28-2/h3-6,9-11,28H,7-8,12-13H2,1-2H3. The van der Waals surface area contributed by atoms with E-state index in [2.05, 4.69) is 5.32 Å². The van der Waals surface area contributed by atoms with Crippen LogP contribution in [0.25, 0.3) is 5.69 Å². The maximum atomic E-state index is 13.9. The number of anilines is 1. The lowest BCUT2D eigenvalue weighted by Gasteiger charge is -2.18. The molecule has 1 aromatic heterocycles. The Bertz CT molecular complexity index is 1290. The number of rotatable bonds is 6. The number of hydrogen-bond acceptors (Lipinski definition) is 4. The Morgan fingerprint density at radius 2 is 1.97 bits per heavy atom. The Labute approximate surface area is 194 Å². The van der Waals surface area contributed by atoms with Gasteiger partial charge in [-0.3, -0.25) is 14.2 Å². The molecule has 172 valence electrons. The van der Waals surface area contributed by atoms with Gasteiger partial charge >= 0.3 is 0 Å². The zero-order valence-corrected chi connectivity index (χ0v) is 18.9. The van der Waals surface area contributed by atoms with Crippen LogP contribution in [0.5, 0.6) is 5.75 Å². The minimum Gasteiger partial charge on any atom is -0.487 e. The van der Waals surface area contributed by atoms with Crippen LogP contribution < -0.4 is 20.5 Å². The van der Waals surface area contributed by atoms with Gasteiger partial charge in [-0.1, -0.05) is 11.6 Å². The molecule has 0 aliphatic carbocycles. The van der Waals surface area contributed by atoms with Crippen molar-refractivity contribution in [1.29, 1.82) is 0 Å². The fraction of sp³-hybridized carbons (Fsp3) is 0.250. The molecule has 1 amide bonds. The van der Waals surface area contributed by atoms with Crippen LogP contribution in [0.1, 0.15) is 16.8 Å². The fourth-order valence-electron chi connectivity index (χ4n) is 3.93. The molecule has 9 heteroatoms. The second-order valence-electron chi connectivity index (χ2n) is 7.77. The van der Waals surface area contributed by atoms with Gasteiger partial charge in [0.2, 0.25) is 5.91 Å². The number of aromatic nitrogens is 1. The van der Waals surface area contributed by atoms with Gasteiger partial charge in [0.05, 0.1) is 6.54 Å². The Morgan fingerprint density at radius 3 is 2.70 bits per heavy atom. The van der Waals surface area contributed by atoms with E-state index in [0.717, 1.165) is 23.4 Å². The van der Waals surface area contributed by atoms with Crippen LogP contribution in [-0.2, 0) is 17.8 Å². The molecule has 0 saturated carbocycles. The fourth-order valence-corrected chi connectivity index (χ4v) is 4.13. The van der Waals surface area contributed by atoms with Crippen LogP contribution in [0.3, 0.4) is 0 Å². The number of nitrogens with one attached hydrogen (secondary N) is 1. The van der Waals surface area contributed by atoms with Crippen molar-refractivity contribution in [2.45, 2.75) is 20.0 Å². The first-order valence-corrected chi connectivity index (χ1v) is 10.7. The summed E-state index contributed by atoms with van der Waals surface area (Å²) in [6.07, 6.45) is 0.685. The van der Waals surface area contributed by atoms with Crippen LogP contribution in [0.15, 0.2) is 47.3 Å². The highest BCUT2D eigenvalue weighted by Crippen LogP contribution is 2.31. The second-order valence-corrected chi connectivity index (χ2v) is 8.15. The molecule has 6 nitrogen and oxygen atoms in total. The first-order valence-electron chi connectivity index (χ1n) is 10.4. The molecule has 0 radical (unpaired) electrons. The lowest BCUT2D eigenvalue weighted by atomic mass is 10.1. The molecule has 1 aliphatic rings. The summed E-state index contributed by atoms with van der Waals surface area (Å²) in [4.78, 5) is 27.1. The number of pyridine rings is 1. The number of benzene rings is 2. The average Bonchev–Trinajstić information content (AvgIpc) is 3.20. The molecular weight excluding hydrogens is 452 g/mol. The van der Waals surface area contributed by atoms with E-state index in [9.17, 15) is 18.4 Å². The summed E-state index contributed by atoms with van der Waals surface area (Å²) in [5.74, 6) is -1.32. The van der Waals surface area contributed by atoms with Crippen molar-refractivity contribution in [2.24, 2.45) is 0 Å². The molecule has 0 spiro atoms. The number of ether oxygens (including phenoxy) is 1. The van der Waals surface area contributed by atoms with Crippen LogP contribution >= 0.6 is 11.6 Å². The summed E-state index contributed by atoms with van der Waals surface area (Å²) in [5, 5.41) is 2.72. The molecule has 0 fully saturated rings. The zero-order chi connectivity index (χ0) is 23.7. The van der Waals surface area contributed by atoms with Crippen molar-refractivity contribution >= 4 is 23.2 Å². The van der Waals surface area contributed by atoms with Gasteiger partial charge in [-0.05, 0) is 56.3 Å². The van der Waals surface area contributed by atoms with Gasteiger partial charge in [-0.25, -0.2) is 8.78 Å². The van der Waals surface area contributed by atoms with Gasteiger partial charge < -0.3 is 15.0 Å². The zero-order valence-electron chi connectivity index (χ0n) is 18.1. The Morgan fingerprint density at radius 1 is 1.18 bits per heavy atom. The molecule has 0 bridgehead atoms. The van der Waals surface area contributed by atoms with Crippen LogP contribution in [-0.4, -0.2) is 30.6 Å². The smallest absolute Gasteiger partial charge is 0.277 e. The molecule has 4 rings (SSSR count). The summed E-state index contributed by atoms with van der Waals surface area (Å²) in [7, 11) is 1.72. The number of fused-ring (bicyclic) bond motifs is 1. The number of amides is 1. The quantitative estimate of drug-likeness (QED) is 0.592. The predicted octanol–water partition coefficient (Wildman–Crippen LogP) is 3.77.